The highest BCUT2D eigenvalue weighted by Crippen LogP contribution is 2.39. The average Bonchev–Trinajstić information content (AvgIpc) is 3.78. The summed E-state index contributed by atoms with van der Waals surface area (Å²) >= 11 is 0. The summed E-state index contributed by atoms with van der Waals surface area (Å²) in [7, 11) is 3.93. The van der Waals surface area contributed by atoms with E-state index in [1.54, 1.807) is 18.2 Å². The fourth-order valence-electron chi connectivity index (χ4n) is 7.13. The topological polar surface area (TPSA) is 151 Å². The van der Waals surface area contributed by atoms with Crippen LogP contribution in [0.2, 0.25) is 0 Å². The Kier molecular flexibility index (Phi) is 12.4. The zero-order chi connectivity index (χ0) is 40.0. The molecule has 1 saturated heterocycles. The van der Waals surface area contributed by atoms with E-state index in [4.69, 9.17) is 24.5 Å². The average molecular weight is 770 g/mol. The second kappa shape index (κ2) is 17.4. The number of urea groups is 1. The maximum absolute atomic E-state index is 15.4. The monoisotopic (exact) mass is 769 g/mol. The number of carbonyl (C=O) groups is 2. The van der Waals surface area contributed by atoms with E-state index in [0.717, 1.165) is 47.9 Å². The maximum atomic E-state index is 15.4. The van der Waals surface area contributed by atoms with Gasteiger partial charge in [-0.15, -0.1) is 10.2 Å². The molecule has 3 atom stereocenters. The summed E-state index contributed by atoms with van der Waals surface area (Å²) in [5.41, 5.74) is 3.33. The predicted octanol–water partition coefficient (Wildman–Crippen LogP) is 7.15. The van der Waals surface area contributed by atoms with Gasteiger partial charge in [0, 0.05) is 36.7 Å². The number of amides is 2. The summed E-state index contributed by atoms with van der Waals surface area (Å²) in [6, 6.07) is 18.0. The van der Waals surface area contributed by atoms with Crippen LogP contribution in [0.1, 0.15) is 88.8 Å². The minimum Gasteiger partial charge on any atom is -0.492 e. The third-order valence-electron chi connectivity index (χ3n) is 10.1. The van der Waals surface area contributed by atoms with Crippen molar-refractivity contribution >= 4 is 29.9 Å². The molecule has 14 nitrogen and oxygen atoms in total. The van der Waals surface area contributed by atoms with Crippen LogP contribution in [0, 0.1) is 5.82 Å². The molecule has 7 rings (SSSR count). The van der Waals surface area contributed by atoms with Gasteiger partial charge >= 0.3 is 6.03 Å². The molecule has 2 aromatic carbocycles. The Morgan fingerprint density at radius 1 is 1.02 bits per heavy atom. The first-order valence-corrected chi connectivity index (χ1v) is 19.1. The number of aromatic nitrogens is 5. The van der Waals surface area contributed by atoms with Gasteiger partial charge in [0.2, 0.25) is 5.95 Å². The molecule has 0 saturated carbocycles. The van der Waals surface area contributed by atoms with Crippen molar-refractivity contribution in [3.63, 3.8) is 0 Å². The lowest BCUT2D eigenvalue weighted by Gasteiger charge is -2.33. The molecule has 3 aromatic heterocycles. The lowest BCUT2D eigenvalue weighted by molar-refractivity contribution is -0.122. The number of carbonyl (C=O) groups excluding carboxylic acids is 1. The Labute approximate surface area is 326 Å². The molecule has 0 spiro atoms. The number of anilines is 2. The van der Waals surface area contributed by atoms with Gasteiger partial charge in [-0.2, -0.15) is 5.10 Å². The first kappa shape index (κ1) is 40.0. The second-order valence-corrected chi connectivity index (χ2v) is 15.5. The Bertz CT molecular complexity index is 2130. The van der Waals surface area contributed by atoms with E-state index in [1.807, 2.05) is 80.7 Å². The number of hydrogen-bond donors (Lipinski definition) is 3. The van der Waals surface area contributed by atoms with Gasteiger partial charge in [-0.3, -0.25) is 14.5 Å². The van der Waals surface area contributed by atoms with Crippen LogP contribution in [0.25, 0.3) is 11.3 Å². The molecule has 56 heavy (non-hydrogen) atoms. The van der Waals surface area contributed by atoms with Gasteiger partial charge in [-0.25, -0.2) is 13.9 Å². The highest BCUT2D eigenvalue weighted by molar-refractivity contribution is 5.89. The molecule has 2 aliphatic rings. The highest BCUT2D eigenvalue weighted by atomic mass is 19.1. The van der Waals surface area contributed by atoms with Crippen LogP contribution in [0.15, 0.2) is 66.9 Å². The number of nitrogens with one attached hydrogen (secondary N) is 2. The van der Waals surface area contributed by atoms with E-state index >= 15 is 4.39 Å². The van der Waals surface area contributed by atoms with Gasteiger partial charge in [0.25, 0.3) is 6.47 Å². The number of piperidine rings is 1. The molecule has 0 bridgehead atoms. The van der Waals surface area contributed by atoms with Crippen LogP contribution in [-0.2, 0) is 10.2 Å². The summed E-state index contributed by atoms with van der Waals surface area (Å²) in [4.78, 5) is 26.4. The molecule has 3 N–H and O–H groups in total. The van der Waals surface area contributed by atoms with Crippen LogP contribution in [0.3, 0.4) is 0 Å². The zero-order valence-electron chi connectivity index (χ0n) is 32.9. The van der Waals surface area contributed by atoms with Crippen molar-refractivity contribution in [2.24, 2.45) is 0 Å². The quantitative estimate of drug-likeness (QED) is 0.125. The Morgan fingerprint density at radius 3 is 2.50 bits per heavy atom. The van der Waals surface area contributed by atoms with Crippen LogP contribution < -0.4 is 25.0 Å². The van der Waals surface area contributed by atoms with Gasteiger partial charge in [-0.1, -0.05) is 45.0 Å². The molecule has 1 unspecified atom stereocenters. The molecule has 1 aliphatic carbocycles. The number of ether oxygens (including phenoxy) is 2. The standard InChI is InChI=1S/C40H50FN9O3.CH2O2/c1-26-11-9-10-20-48(26)39-45-44-36-19-15-28(25-49(36)39)53-34-18-17-32(29-12-7-8-13-30(29)34)42-38(51)43-37-24-35(40(2,3)4)46-50(37)33-23-27(14-16-31(33)41)52-22-21-47(5)6;2-1-3/h7-8,12-16,19,23-26,32,34H,9-11,17-18,20-22H2,1-6H3,(H2,42,43,51);1H,(H,2,3)/t26?,32-,34+;/m0./s1. The molecule has 4 heterocycles. The number of pyridine rings is 1. The van der Waals surface area contributed by atoms with E-state index in [1.165, 1.54) is 17.2 Å². The first-order chi connectivity index (χ1) is 26.9. The molecular formula is C41H52FN9O5. The smallest absolute Gasteiger partial charge is 0.320 e. The number of halogens is 1. The zero-order valence-corrected chi connectivity index (χ0v) is 32.9. The van der Waals surface area contributed by atoms with Crippen molar-refractivity contribution < 1.29 is 28.6 Å². The van der Waals surface area contributed by atoms with Gasteiger partial charge in [0.1, 0.15) is 41.5 Å². The number of hydrogen-bond acceptors (Lipinski definition) is 9. The molecular weight excluding hydrogens is 718 g/mol. The van der Waals surface area contributed by atoms with Crippen molar-refractivity contribution in [1.29, 1.82) is 0 Å². The third-order valence-corrected chi connectivity index (χ3v) is 10.1. The Hall–Kier alpha value is -5.70. The third kappa shape index (κ3) is 9.21. The fourth-order valence-corrected chi connectivity index (χ4v) is 7.13. The van der Waals surface area contributed by atoms with E-state index in [2.05, 4.69) is 38.7 Å². The van der Waals surface area contributed by atoms with E-state index in [-0.39, 0.29) is 29.7 Å². The fraction of sp³-hybridized carbons (Fsp3) is 0.439. The molecule has 0 radical (unpaired) electrons. The van der Waals surface area contributed by atoms with Crippen molar-refractivity contribution in [2.75, 3.05) is 44.0 Å². The van der Waals surface area contributed by atoms with Crippen molar-refractivity contribution in [3.05, 3.63) is 89.5 Å². The maximum Gasteiger partial charge on any atom is 0.320 e. The van der Waals surface area contributed by atoms with Gasteiger partial charge < -0.3 is 29.7 Å². The summed E-state index contributed by atoms with van der Waals surface area (Å²) in [6.07, 6.45) is 6.64. The minimum atomic E-state index is -0.482. The van der Waals surface area contributed by atoms with Crippen LogP contribution in [0.4, 0.5) is 21.0 Å². The second-order valence-electron chi connectivity index (χ2n) is 15.5. The summed E-state index contributed by atoms with van der Waals surface area (Å²) < 4.78 is 31.4. The Morgan fingerprint density at radius 2 is 1.77 bits per heavy atom. The summed E-state index contributed by atoms with van der Waals surface area (Å²) in [5, 5.41) is 26.7. The summed E-state index contributed by atoms with van der Waals surface area (Å²) in [5.74, 6) is 1.96. The highest BCUT2D eigenvalue weighted by Gasteiger charge is 2.31. The van der Waals surface area contributed by atoms with Crippen molar-refractivity contribution in [2.45, 2.75) is 83.4 Å². The summed E-state index contributed by atoms with van der Waals surface area (Å²) in [6.45, 7) is 10.2. The number of nitrogens with zero attached hydrogens (tertiary/aromatic N) is 7. The van der Waals surface area contributed by atoms with Crippen LogP contribution in [-0.4, -0.2) is 86.7 Å². The lowest BCUT2D eigenvalue weighted by Crippen LogP contribution is -2.38. The normalized spacial score (nSPS) is 18.1. The number of fused-ring (bicyclic) bond motifs is 2. The number of carboxylic acid groups (broad SMARTS) is 1. The van der Waals surface area contributed by atoms with Gasteiger partial charge in [0.05, 0.1) is 17.9 Å². The molecule has 15 heteroatoms. The first-order valence-electron chi connectivity index (χ1n) is 19.1. The SMILES string of the molecule is CC1CCCCN1c1nnc2ccc(O[C@@H]3CC[C@H](NC(=O)Nc4cc(C(C)(C)C)nn4-c4cc(OCCN(C)C)ccc4F)c4ccccc43)cn12.O=CO. The predicted molar refractivity (Wildman–Crippen MR) is 213 cm³/mol. The van der Waals surface area contributed by atoms with Crippen LogP contribution in [0.5, 0.6) is 11.5 Å². The molecule has 1 aliphatic heterocycles. The van der Waals surface area contributed by atoms with Crippen LogP contribution >= 0.6 is 0 Å². The lowest BCUT2D eigenvalue weighted by atomic mass is 9.85. The molecule has 1 fully saturated rings. The molecule has 2 amide bonds. The van der Waals surface area contributed by atoms with E-state index in [9.17, 15) is 4.79 Å². The van der Waals surface area contributed by atoms with E-state index in [0.29, 0.717) is 49.3 Å². The van der Waals surface area contributed by atoms with Gasteiger partial charge in [0.15, 0.2) is 5.65 Å². The number of benzene rings is 2. The van der Waals surface area contributed by atoms with Crippen molar-refractivity contribution in [3.8, 4) is 17.2 Å². The minimum absolute atomic E-state index is 0.184. The van der Waals surface area contributed by atoms with E-state index < -0.39 is 11.8 Å². The van der Waals surface area contributed by atoms with Crippen molar-refractivity contribution in [1.82, 2.24) is 34.6 Å². The Balaban J connectivity index is 0.00000172. The van der Waals surface area contributed by atoms with Gasteiger partial charge in [-0.05, 0) is 88.5 Å². The largest absolute Gasteiger partial charge is 0.492 e. The molecule has 5 aromatic rings. The number of rotatable bonds is 10. The molecule has 298 valence electrons. The number of likely N-dealkylation sites (N-methyl/N-ethyl adjacent to an activating group) is 1.